The van der Waals surface area contributed by atoms with Gasteiger partial charge in [0.25, 0.3) is 0 Å². The third-order valence-electron chi connectivity index (χ3n) is 3.04. The molecule has 0 aliphatic heterocycles. The Labute approximate surface area is 121 Å². The van der Waals surface area contributed by atoms with E-state index in [-0.39, 0.29) is 5.91 Å². The first-order valence-corrected chi connectivity index (χ1v) is 10.3. The van der Waals surface area contributed by atoms with E-state index in [1.165, 1.54) is 5.19 Å². The van der Waals surface area contributed by atoms with Crippen LogP contribution in [0.2, 0.25) is 24.2 Å². The lowest BCUT2D eigenvalue weighted by Gasteiger charge is -2.23. The van der Waals surface area contributed by atoms with Crippen molar-refractivity contribution >= 4 is 43.4 Å². The first-order chi connectivity index (χ1) is 8.45. The first-order valence-electron chi connectivity index (χ1n) is 6.09. The maximum Gasteiger partial charge on any atom is 0.220 e. The van der Waals surface area contributed by atoms with Crippen LogP contribution in [0.3, 0.4) is 0 Å². The molecule has 0 radical (unpaired) electrons. The summed E-state index contributed by atoms with van der Waals surface area (Å²) >= 11 is 9.93. The molecular weight excluding hydrogens is 282 g/mol. The van der Waals surface area contributed by atoms with Gasteiger partial charge in [0, 0.05) is 18.0 Å². The fourth-order valence-electron chi connectivity index (χ4n) is 1.75. The van der Waals surface area contributed by atoms with Crippen LogP contribution in [0.1, 0.15) is 6.42 Å². The van der Waals surface area contributed by atoms with Crippen molar-refractivity contribution < 1.29 is 4.79 Å². The van der Waals surface area contributed by atoms with Gasteiger partial charge in [-0.2, -0.15) is 12.6 Å². The van der Waals surface area contributed by atoms with Gasteiger partial charge in [-0.1, -0.05) is 42.0 Å². The van der Waals surface area contributed by atoms with Crippen LogP contribution in [0, 0.1) is 0 Å². The van der Waals surface area contributed by atoms with Crippen molar-refractivity contribution in [3.63, 3.8) is 0 Å². The number of carbonyl (C=O) groups excluding carboxylic acids is 1. The predicted molar refractivity (Wildman–Crippen MR) is 84.9 cm³/mol. The topological polar surface area (TPSA) is 29.1 Å². The van der Waals surface area contributed by atoms with Gasteiger partial charge in [0.1, 0.15) is 0 Å². The highest BCUT2D eigenvalue weighted by atomic mass is 35.5. The molecule has 0 heterocycles. The quantitative estimate of drug-likeness (QED) is 0.614. The maximum atomic E-state index is 11.3. The molecule has 0 saturated carbocycles. The molecule has 0 bridgehead atoms. The second-order valence-electron chi connectivity index (χ2n) is 4.96. The number of rotatable bonds is 6. The predicted octanol–water partition coefficient (Wildman–Crippen LogP) is 2.69. The molecule has 0 saturated heterocycles. The van der Waals surface area contributed by atoms with Gasteiger partial charge in [0.2, 0.25) is 5.91 Å². The van der Waals surface area contributed by atoms with Gasteiger partial charge in [-0.05, 0) is 23.9 Å². The number of thiol groups is 1. The van der Waals surface area contributed by atoms with Gasteiger partial charge < -0.3 is 5.32 Å². The summed E-state index contributed by atoms with van der Waals surface area (Å²) in [7, 11) is -1.48. The van der Waals surface area contributed by atoms with Gasteiger partial charge >= 0.3 is 0 Å². The minimum Gasteiger partial charge on any atom is -0.356 e. The highest BCUT2D eigenvalue weighted by Gasteiger charge is 2.22. The molecule has 5 heteroatoms. The Morgan fingerprint density at radius 3 is 2.50 bits per heavy atom. The summed E-state index contributed by atoms with van der Waals surface area (Å²) in [5.74, 6) is 0.690. The number of hydrogen-bond donors (Lipinski definition) is 2. The van der Waals surface area contributed by atoms with Crippen LogP contribution in [0.4, 0.5) is 0 Å². The third-order valence-corrected chi connectivity index (χ3v) is 6.91. The Morgan fingerprint density at radius 2 is 1.94 bits per heavy atom. The van der Waals surface area contributed by atoms with E-state index in [0.29, 0.717) is 12.2 Å². The molecular formula is C13H20ClNOSSi. The van der Waals surface area contributed by atoms with Crippen LogP contribution in [0.5, 0.6) is 0 Å². The molecule has 0 aromatic heterocycles. The van der Waals surface area contributed by atoms with Gasteiger partial charge in [0.05, 0.1) is 8.07 Å². The van der Waals surface area contributed by atoms with E-state index < -0.39 is 8.07 Å². The lowest BCUT2D eigenvalue weighted by atomic mass is 10.4. The number of nitrogens with one attached hydrogen (secondary N) is 1. The smallest absolute Gasteiger partial charge is 0.220 e. The van der Waals surface area contributed by atoms with Crippen LogP contribution in [-0.2, 0) is 4.79 Å². The zero-order valence-electron chi connectivity index (χ0n) is 10.9. The van der Waals surface area contributed by atoms with Crippen LogP contribution < -0.4 is 10.5 Å². The summed E-state index contributed by atoms with van der Waals surface area (Å²) in [5.41, 5.74) is 0. The van der Waals surface area contributed by atoms with E-state index >= 15 is 0 Å². The van der Waals surface area contributed by atoms with Crippen LogP contribution in [0.15, 0.2) is 24.3 Å². The number of carbonyl (C=O) groups is 1. The van der Waals surface area contributed by atoms with Crippen molar-refractivity contribution in [1.82, 2.24) is 5.32 Å². The van der Waals surface area contributed by atoms with Crippen molar-refractivity contribution in [1.29, 1.82) is 0 Å². The largest absolute Gasteiger partial charge is 0.356 e. The molecule has 1 aromatic carbocycles. The molecule has 0 fully saturated rings. The van der Waals surface area contributed by atoms with Crippen molar-refractivity contribution in [2.75, 3.05) is 12.3 Å². The van der Waals surface area contributed by atoms with Gasteiger partial charge in [-0.15, -0.1) is 0 Å². The third kappa shape index (κ3) is 5.04. The zero-order chi connectivity index (χ0) is 13.6. The van der Waals surface area contributed by atoms with Crippen LogP contribution in [-0.4, -0.2) is 26.3 Å². The maximum absolute atomic E-state index is 11.3. The first kappa shape index (κ1) is 15.6. The van der Waals surface area contributed by atoms with E-state index in [9.17, 15) is 4.79 Å². The van der Waals surface area contributed by atoms with Gasteiger partial charge in [0.15, 0.2) is 0 Å². The average Bonchev–Trinajstić information content (AvgIpc) is 2.29. The molecule has 2 nitrogen and oxygen atoms in total. The molecule has 1 N–H and O–H groups in total. The van der Waals surface area contributed by atoms with E-state index in [2.05, 4.69) is 43.2 Å². The molecule has 0 atom stereocenters. The summed E-state index contributed by atoms with van der Waals surface area (Å²) in [6.07, 6.45) is 0.492. The summed E-state index contributed by atoms with van der Waals surface area (Å²) in [6, 6.07) is 9.11. The van der Waals surface area contributed by atoms with Gasteiger partial charge in [-0.3, -0.25) is 4.79 Å². The lowest BCUT2D eigenvalue weighted by Crippen LogP contribution is -2.44. The number of benzene rings is 1. The molecule has 1 amide bonds. The number of hydrogen-bond acceptors (Lipinski definition) is 2. The second kappa shape index (κ2) is 7.21. The summed E-state index contributed by atoms with van der Waals surface area (Å²) < 4.78 is 0. The molecule has 0 aliphatic carbocycles. The fraction of sp³-hybridized carbons (Fsp3) is 0.462. The highest BCUT2D eigenvalue weighted by molar-refractivity contribution is 7.80. The lowest BCUT2D eigenvalue weighted by molar-refractivity contribution is -0.120. The van der Waals surface area contributed by atoms with Crippen LogP contribution >= 0.6 is 24.2 Å². The monoisotopic (exact) mass is 301 g/mol. The molecule has 0 unspecified atom stereocenters. The second-order valence-corrected chi connectivity index (χ2v) is 10.7. The summed E-state index contributed by atoms with van der Waals surface area (Å²) in [6.45, 7) is 5.36. The summed E-state index contributed by atoms with van der Waals surface area (Å²) in [5, 5.41) is 5.08. The zero-order valence-corrected chi connectivity index (χ0v) is 13.5. The van der Waals surface area contributed by atoms with Crippen LogP contribution in [0.25, 0.3) is 0 Å². The van der Waals surface area contributed by atoms with Gasteiger partial charge in [-0.25, -0.2) is 0 Å². The summed E-state index contributed by atoms with van der Waals surface area (Å²) in [4.78, 5) is 11.3. The van der Waals surface area contributed by atoms with Crippen molar-refractivity contribution in [3.8, 4) is 0 Å². The minimum absolute atomic E-state index is 0.0888. The number of amides is 1. The molecule has 0 aliphatic rings. The molecule has 0 spiro atoms. The molecule has 100 valence electrons. The number of halogens is 1. The molecule has 1 aromatic rings. The highest BCUT2D eigenvalue weighted by Crippen LogP contribution is 2.12. The minimum atomic E-state index is -1.48. The Kier molecular flexibility index (Phi) is 6.25. The standard InChI is InChI=1S/C13H20ClNOSSi/c1-18(2,10-8-15-13(16)7-9-17)12-5-3-11(14)4-6-12/h3-6,17H,7-10H2,1-2H3,(H,15,16). The van der Waals surface area contributed by atoms with E-state index in [1.807, 2.05) is 12.1 Å². The van der Waals surface area contributed by atoms with Crippen molar-refractivity contribution in [3.05, 3.63) is 29.3 Å². The Morgan fingerprint density at radius 1 is 1.33 bits per heavy atom. The SMILES string of the molecule is C[Si](C)(CCNC(=O)CCS)c1ccc(Cl)cc1. The van der Waals surface area contributed by atoms with E-state index in [1.54, 1.807) is 0 Å². The molecule has 1 rings (SSSR count). The average molecular weight is 302 g/mol. The Bertz CT molecular complexity index is 394. The Hall–Kier alpha value is -0.453. The van der Waals surface area contributed by atoms with Crippen molar-refractivity contribution in [2.24, 2.45) is 0 Å². The van der Waals surface area contributed by atoms with E-state index in [4.69, 9.17) is 11.6 Å². The fourth-order valence-corrected chi connectivity index (χ4v) is 4.19. The normalized spacial score (nSPS) is 11.3. The van der Waals surface area contributed by atoms with E-state index in [0.717, 1.165) is 17.6 Å². The Balaban J connectivity index is 2.49. The molecule has 18 heavy (non-hydrogen) atoms. The van der Waals surface area contributed by atoms with Crippen molar-refractivity contribution in [2.45, 2.75) is 25.6 Å².